The van der Waals surface area contributed by atoms with Crippen LogP contribution in [0.2, 0.25) is 0 Å². The summed E-state index contributed by atoms with van der Waals surface area (Å²) < 4.78 is 45.4. The zero-order valence-corrected chi connectivity index (χ0v) is 25.7. The highest BCUT2D eigenvalue weighted by molar-refractivity contribution is 6.41. The molecular formula is C37H31F3N4O4. The third-order valence-corrected chi connectivity index (χ3v) is 8.21. The van der Waals surface area contributed by atoms with Crippen LogP contribution in [0.3, 0.4) is 0 Å². The molecule has 1 aliphatic rings. The summed E-state index contributed by atoms with van der Waals surface area (Å²) in [5, 5.41) is 11.0. The number of halogens is 3. The molecule has 0 atom stereocenters. The van der Waals surface area contributed by atoms with Crippen molar-refractivity contribution in [2.75, 3.05) is 31.1 Å². The van der Waals surface area contributed by atoms with Crippen LogP contribution in [0, 0.1) is 17.5 Å². The maximum atomic E-state index is 14.5. The molecule has 11 heteroatoms. The third kappa shape index (κ3) is 7.25. The van der Waals surface area contributed by atoms with Gasteiger partial charge in [0.15, 0.2) is 0 Å². The Hall–Kier alpha value is -5.84. The van der Waals surface area contributed by atoms with Gasteiger partial charge in [0.05, 0.1) is 12.1 Å². The molecule has 2 aromatic heterocycles. The zero-order valence-electron chi connectivity index (χ0n) is 25.7. The van der Waals surface area contributed by atoms with Gasteiger partial charge < -0.3 is 24.0 Å². The number of rotatable bonds is 9. The largest absolute Gasteiger partial charge is 0.507 e. The van der Waals surface area contributed by atoms with Crippen LogP contribution in [0.5, 0.6) is 0 Å². The van der Waals surface area contributed by atoms with Crippen LogP contribution in [-0.4, -0.2) is 57.0 Å². The van der Waals surface area contributed by atoms with E-state index in [9.17, 15) is 32.7 Å². The number of aromatic nitrogens is 2. The van der Waals surface area contributed by atoms with Crippen molar-refractivity contribution >= 4 is 23.1 Å². The van der Waals surface area contributed by atoms with Crippen molar-refractivity contribution in [3.63, 3.8) is 0 Å². The minimum Gasteiger partial charge on any atom is -0.507 e. The number of carbonyl (C=O) groups excluding carboxylic acids is 2. The van der Waals surface area contributed by atoms with Gasteiger partial charge in [0.1, 0.15) is 23.2 Å². The lowest BCUT2D eigenvalue weighted by Crippen LogP contribution is -2.50. The van der Waals surface area contributed by atoms with Crippen LogP contribution in [0.1, 0.15) is 22.3 Å². The fourth-order valence-electron chi connectivity index (χ4n) is 5.78. The molecule has 1 N–H and O–H groups in total. The summed E-state index contributed by atoms with van der Waals surface area (Å²) in [5.74, 6) is -4.74. The molecule has 244 valence electrons. The van der Waals surface area contributed by atoms with Crippen molar-refractivity contribution in [2.45, 2.75) is 13.0 Å². The Bertz CT molecular complexity index is 2030. The summed E-state index contributed by atoms with van der Waals surface area (Å²) in [6.45, 7) is 1.30. The van der Waals surface area contributed by atoms with Gasteiger partial charge in [-0.2, -0.15) is 0 Å². The topological polar surface area (TPSA) is 87.8 Å². The first-order valence-corrected chi connectivity index (χ1v) is 15.3. The highest BCUT2D eigenvalue weighted by atomic mass is 19.1. The lowest BCUT2D eigenvalue weighted by Gasteiger charge is -2.35. The number of ketones is 1. The number of carbonyl (C=O) groups is 2. The Morgan fingerprint density at radius 1 is 0.771 bits per heavy atom. The first-order chi connectivity index (χ1) is 23.1. The van der Waals surface area contributed by atoms with E-state index in [1.54, 1.807) is 6.07 Å². The number of pyridine rings is 1. The molecule has 0 radical (unpaired) electrons. The van der Waals surface area contributed by atoms with E-state index in [1.807, 2.05) is 53.4 Å². The molecule has 0 saturated carbocycles. The van der Waals surface area contributed by atoms with Gasteiger partial charge >= 0.3 is 0 Å². The summed E-state index contributed by atoms with van der Waals surface area (Å²) in [5.41, 5.74) is 1.71. The Morgan fingerprint density at radius 2 is 1.42 bits per heavy atom. The molecule has 1 fully saturated rings. The van der Waals surface area contributed by atoms with Crippen LogP contribution < -0.4 is 10.5 Å². The van der Waals surface area contributed by atoms with E-state index in [0.717, 1.165) is 34.1 Å². The van der Waals surface area contributed by atoms with E-state index in [4.69, 9.17) is 0 Å². The second kappa shape index (κ2) is 13.9. The van der Waals surface area contributed by atoms with E-state index in [-0.39, 0.29) is 42.7 Å². The molecule has 48 heavy (non-hydrogen) atoms. The number of benzene rings is 3. The molecule has 3 heterocycles. The number of aliphatic hydroxyl groups excluding tert-OH is 1. The smallest absolute Gasteiger partial charge is 0.294 e. The second-order valence-electron chi connectivity index (χ2n) is 11.5. The van der Waals surface area contributed by atoms with Gasteiger partial charge in [0.2, 0.25) is 5.78 Å². The predicted octanol–water partition coefficient (Wildman–Crippen LogP) is 5.51. The molecule has 0 bridgehead atoms. The second-order valence-corrected chi connectivity index (χ2v) is 11.5. The third-order valence-electron chi connectivity index (χ3n) is 8.21. The Labute approximate surface area is 274 Å². The monoisotopic (exact) mass is 652 g/mol. The van der Waals surface area contributed by atoms with Gasteiger partial charge in [-0.15, -0.1) is 0 Å². The van der Waals surface area contributed by atoms with Gasteiger partial charge in [-0.3, -0.25) is 14.4 Å². The summed E-state index contributed by atoms with van der Waals surface area (Å²) in [7, 11) is 0. The minimum atomic E-state index is -1.02. The van der Waals surface area contributed by atoms with Crippen LogP contribution in [0.25, 0.3) is 11.4 Å². The summed E-state index contributed by atoms with van der Waals surface area (Å²) in [6.07, 6.45) is 5.96. The number of piperazine rings is 1. The van der Waals surface area contributed by atoms with E-state index in [1.165, 1.54) is 35.4 Å². The van der Waals surface area contributed by atoms with Crippen molar-refractivity contribution in [1.82, 2.24) is 14.0 Å². The van der Waals surface area contributed by atoms with Gasteiger partial charge in [-0.05, 0) is 78.2 Å². The molecule has 1 aliphatic heterocycles. The first kappa shape index (κ1) is 32.1. The summed E-state index contributed by atoms with van der Waals surface area (Å²) >= 11 is 0. The van der Waals surface area contributed by atoms with Gasteiger partial charge in [0, 0.05) is 73.9 Å². The van der Waals surface area contributed by atoms with Crippen molar-refractivity contribution in [3.05, 3.63) is 160 Å². The highest BCUT2D eigenvalue weighted by Crippen LogP contribution is 2.21. The Morgan fingerprint density at radius 3 is 2.08 bits per heavy atom. The molecule has 3 aromatic carbocycles. The molecule has 6 rings (SSSR count). The molecule has 0 spiro atoms. The number of nitrogens with zero attached hydrogens (tertiary/aromatic N) is 4. The number of anilines is 1. The van der Waals surface area contributed by atoms with E-state index < -0.39 is 40.5 Å². The average molecular weight is 653 g/mol. The summed E-state index contributed by atoms with van der Waals surface area (Å²) in [4.78, 5) is 43.1. The van der Waals surface area contributed by atoms with Crippen molar-refractivity contribution in [2.24, 2.45) is 0 Å². The van der Waals surface area contributed by atoms with E-state index in [2.05, 4.69) is 4.90 Å². The normalized spacial score (nSPS) is 13.5. The Balaban J connectivity index is 1.19. The predicted molar refractivity (Wildman–Crippen MR) is 176 cm³/mol. The van der Waals surface area contributed by atoms with Gasteiger partial charge in [-0.1, -0.05) is 18.2 Å². The number of hydrogen-bond acceptors (Lipinski definition) is 5. The average Bonchev–Trinajstić information content (AvgIpc) is 3.62. The van der Waals surface area contributed by atoms with Crippen molar-refractivity contribution in [1.29, 1.82) is 0 Å². The summed E-state index contributed by atoms with van der Waals surface area (Å²) in [6, 6.07) is 22.0. The fourth-order valence-corrected chi connectivity index (χ4v) is 5.78. The van der Waals surface area contributed by atoms with Crippen LogP contribution >= 0.6 is 0 Å². The highest BCUT2D eigenvalue weighted by Gasteiger charge is 2.26. The fraction of sp³-hybridized carbons (Fsp3) is 0.162. The number of amides is 1. The van der Waals surface area contributed by atoms with Crippen LogP contribution in [0.15, 0.2) is 114 Å². The van der Waals surface area contributed by atoms with Crippen molar-refractivity contribution in [3.8, 4) is 5.69 Å². The number of hydrogen-bond donors (Lipinski definition) is 1. The van der Waals surface area contributed by atoms with E-state index >= 15 is 0 Å². The van der Waals surface area contributed by atoms with Crippen LogP contribution in [0.4, 0.5) is 18.9 Å². The van der Waals surface area contributed by atoms with Crippen LogP contribution in [-0.2, 0) is 22.6 Å². The molecular weight excluding hydrogens is 621 g/mol. The molecule has 0 aliphatic carbocycles. The lowest BCUT2D eigenvalue weighted by atomic mass is 10.0. The molecule has 0 unspecified atom stereocenters. The standard InChI is InChI=1S/C37H31F3N4O4/c38-28-18-25(19-29(39)21-28)17-26-20-32(36(47)44(23-26)24-27-5-1-2-6-33(27)40)34(45)22-35(46)37(48)43-15-13-42(14-16-43)31-9-7-30(8-10-31)41-11-3-4-12-41/h1-12,18-23,45H,13-17,24H2/b34-22-. The van der Waals surface area contributed by atoms with E-state index in [0.29, 0.717) is 24.7 Å². The zero-order chi connectivity index (χ0) is 33.8. The van der Waals surface area contributed by atoms with Gasteiger partial charge in [-0.25, -0.2) is 13.2 Å². The first-order valence-electron chi connectivity index (χ1n) is 15.3. The quantitative estimate of drug-likeness (QED) is 0.129. The minimum absolute atomic E-state index is 0.0429. The molecule has 1 saturated heterocycles. The molecule has 5 aromatic rings. The maximum absolute atomic E-state index is 14.5. The van der Waals surface area contributed by atoms with Gasteiger partial charge in [0.25, 0.3) is 11.5 Å². The molecule has 8 nitrogen and oxygen atoms in total. The SMILES string of the molecule is O=C(/C=C(\O)c1cc(Cc2cc(F)cc(F)c2)cn(Cc2ccccc2F)c1=O)C(=O)N1CCN(c2ccc(-n3cccc3)cc2)CC1. The maximum Gasteiger partial charge on any atom is 0.294 e. The molecule has 1 amide bonds. The lowest BCUT2D eigenvalue weighted by molar-refractivity contribution is -0.142. The Kier molecular flexibility index (Phi) is 9.29. The van der Waals surface area contributed by atoms with Crippen molar-refractivity contribution < 1.29 is 27.9 Å². The number of aliphatic hydroxyl groups is 1.